The summed E-state index contributed by atoms with van der Waals surface area (Å²) in [5, 5.41) is 0.638. The normalized spacial score (nSPS) is 18.7. The highest BCUT2D eigenvalue weighted by atomic mass is 35.5. The predicted octanol–water partition coefficient (Wildman–Crippen LogP) is 3.60. The Morgan fingerprint density at radius 3 is 2.28 bits per heavy atom. The quantitative estimate of drug-likeness (QED) is 0.795. The van der Waals surface area contributed by atoms with Crippen LogP contribution >= 0.6 is 11.6 Å². The molecule has 3 heteroatoms. The topological polar surface area (TPSA) is 20.3 Å². The second-order valence-electron chi connectivity index (χ2n) is 5.61. The van der Waals surface area contributed by atoms with Crippen LogP contribution in [0.5, 0.6) is 0 Å². The van der Waals surface area contributed by atoms with Crippen molar-refractivity contribution in [1.82, 2.24) is 4.90 Å². The molecule has 18 heavy (non-hydrogen) atoms. The van der Waals surface area contributed by atoms with E-state index in [1.54, 1.807) is 6.07 Å². The zero-order chi connectivity index (χ0) is 12.5. The highest BCUT2D eigenvalue weighted by Gasteiger charge is 2.31. The van der Waals surface area contributed by atoms with E-state index in [2.05, 4.69) is 0 Å². The van der Waals surface area contributed by atoms with Crippen molar-refractivity contribution >= 4 is 17.5 Å². The second kappa shape index (κ2) is 4.93. The molecular weight excluding hydrogens is 246 g/mol. The Morgan fingerprint density at radius 1 is 1.17 bits per heavy atom. The third kappa shape index (κ3) is 3.05. The molecule has 2 fully saturated rings. The molecule has 0 N–H and O–H groups in total. The molecule has 0 radical (unpaired) electrons. The summed E-state index contributed by atoms with van der Waals surface area (Å²) in [6.07, 6.45) is 5.13. The molecule has 3 rings (SSSR count). The Labute approximate surface area is 113 Å². The molecule has 0 spiro atoms. The highest BCUT2D eigenvalue weighted by molar-refractivity contribution is 6.30. The average molecular weight is 264 g/mol. The Bertz CT molecular complexity index is 438. The van der Waals surface area contributed by atoms with Gasteiger partial charge in [0.2, 0.25) is 0 Å². The summed E-state index contributed by atoms with van der Waals surface area (Å²) in [6.45, 7) is 1.86. The van der Waals surface area contributed by atoms with Crippen LogP contribution in [0.25, 0.3) is 0 Å². The number of nitrogens with zero attached hydrogens (tertiary/aromatic N) is 1. The minimum Gasteiger partial charge on any atom is -0.338 e. The van der Waals surface area contributed by atoms with Crippen molar-refractivity contribution in [1.29, 1.82) is 0 Å². The molecule has 0 aromatic heterocycles. The molecule has 0 aliphatic heterocycles. The van der Waals surface area contributed by atoms with Gasteiger partial charge in [0.15, 0.2) is 0 Å². The van der Waals surface area contributed by atoms with Crippen molar-refractivity contribution < 1.29 is 4.79 Å². The van der Waals surface area contributed by atoms with Gasteiger partial charge in [-0.1, -0.05) is 17.7 Å². The Morgan fingerprint density at radius 2 is 1.78 bits per heavy atom. The van der Waals surface area contributed by atoms with Crippen molar-refractivity contribution in [2.75, 3.05) is 13.1 Å². The fourth-order valence-electron chi connectivity index (χ4n) is 2.27. The molecule has 1 amide bonds. The van der Waals surface area contributed by atoms with Gasteiger partial charge in [-0.05, 0) is 55.7 Å². The van der Waals surface area contributed by atoms with Crippen LogP contribution in [0.4, 0.5) is 0 Å². The van der Waals surface area contributed by atoms with Gasteiger partial charge < -0.3 is 4.90 Å². The zero-order valence-corrected chi connectivity index (χ0v) is 11.2. The smallest absolute Gasteiger partial charge is 0.253 e. The third-order valence-electron chi connectivity index (χ3n) is 3.71. The van der Waals surface area contributed by atoms with Gasteiger partial charge in [0.05, 0.1) is 0 Å². The van der Waals surface area contributed by atoms with Gasteiger partial charge in [-0.3, -0.25) is 4.79 Å². The number of carbonyl (C=O) groups is 1. The monoisotopic (exact) mass is 263 g/mol. The predicted molar refractivity (Wildman–Crippen MR) is 72.8 cm³/mol. The second-order valence-corrected chi connectivity index (χ2v) is 6.04. The maximum atomic E-state index is 12.5. The van der Waals surface area contributed by atoms with Crippen molar-refractivity contribution in [2.24, 2.45) is 11.8 Å². The van der Waals surface area contributed by atoms with Crippen LogP contribution in [0, 0.1) is 11.8 Å². The standard InChI is InChI=1S/C15H18ClNO/c16-14-3-1-2-13(8-14)15(18)17(9-11-4-5-11)10-12-6-7-12/h1-3,8,11-12H,4-7,9-10H2. The third-order valence-corrected chi connectivity index (χ3v) is 3.94. The molecule has 2 nitrogen and oxygen atoms in total. The summed E-state index contributed by atoms with van der Waals surface area (Å²) in [5.74, 6) is 1.63. The van der Waals surface area contributed by atoms with Crippen LogP contribution in [0.15, 0.2) is 24.3 Å². The molecule has 96 valence electrons. The molecule has 2 saturated carbocycles. The van der Waals surface area contributed by atoms with Crippen LogP contribution in [0.3, 0.4) is 0 Å². The number of hydrogen-bond donors (Lipinski definition) is 0. The van der Waals surface area contributed by atoms with E-state index in [0.717, 1.165) is 30.5 Å². The molecule has 0 saturated heterocycles. The van der Waals surface area contributed by atoms with E-state index in [-0.39, 0.29) is 5.91 Å². The van der Waals surface area contributed by atoms with E-state index in [0.29, 0.717) is 5.02 Å². The lowest BCUT2D eigenvalue weighted by molar-refractivity contribution is 0.0739. The van der Waals surface area contributed by atoms with Gasteiger partial charge in [-0.2, -0.15) is 0 Å². The summed E-state index contributed by atoms with van der Waals surface area (Å²) in [4.78, 5) is 14.5. The van der Waals surface area contributed by atoms with E-state index in [4.69, 9.17) is 11.6 Å². The van der Waals surface area contributed by atoms with Gasteiger partial charge >= 0.3 is 0 Å². The van der Waals surface area contributed by atoms with E-state index in [1.165, 1.54) is 25.7 Å². The number of rotatable bonds is 5. The highest BCUT2D eigenvalue weighted by Crippen LogP contribution is 2.34. The lowest BCUT2D eigenvalue weighted by atomic mass is 10.2. The first-order valence-electron chi connectivity index (χ1n) is 6.77. The molecular formula is C15H18ClNO. The lowest BCUT2D eigenvalue weighted by Crippen LogP contribution is -2.34. The number of carbonyl (C=O) groups excluding carboxylic acids is 1. The minimum absolute atomic E-state index is 0.149. The van der Waals surface area contributed by atoms with Crippen LogP contribution in [0.2, 0.25) is 5.02 Å². The van der Waals surface area contributed by atoms with Gasteiger partial charge in [0.25, 0.3) is 5.91 Å². The molecule has 0 unspecified atom stereocenters. The lowest BCUT2D eigenvalue weighted by Gasteiger charge is -2.22. The van der Waals surface area contributed by atoms with E-state index >= 15 is 0 Å². The van der Waals surface area contributed by atoms with Crippen molar-refractivity contribution in [2.45, 2.75) is 25.7 Å². The average Bonchev–Trinajstić information content (AvgIpc) is 3.22. The van der Waals surface area contributed by atoms with Crippen molar-refractivity contribution in [3.8, 4) is 0 Å². The van der Waals surface area contributed by atoms with Gasteiger partial charge in [0, 0.05) is 23.7 Å². The number of benzene rings is 1. The van der Waals surface area contributed by atoms with Gasteiger partial charge in [0.1, 0.15) is 0 Å². The van der Waals surface area contributed by atoms with Crippen molar-refractivity contribution in [3.05, 3.63) is 34.9 Å². The van der Waals surface area contributed by atoms with Gasteiger partial charge in [-0.25, -0.2) is 0 Å². The summed E-state index contributed by atoms with van der Waals surface area (Å²) < 4.78 is 0. The van der Waals surface area contributed by atoms with Crippen LogP contribution < -0.4 is 0 Å². The number of halogens is 1. The first-order valence-corrected chi connectivity index (χ1v) is 7.15. The fraction of sp³-hybridized carbons (Fsp3) is 0.533. The van der Waals surface area contributed by atoms with Crippen molar-refractivity contribution in [3.63, 3.8) is 0 Å². The fourth-order valence-corrected chi connectivity index (χ4v) is 2.46. The summed E-state index contributed by atoms with van der Waals surface area (Å²) >= 11 is 5.96. The van der Waals surface area contributed by atoms with Gasteiger partial charge in [-0.15, -0.1) is 0 Å². The molecule has 1 aromatic carbocycles. The first kappa shape index (κ1) is 12.0. The maximum Gasteiger partial charge on any atom is 0.253 e. The Kier molecular flexibility index (Phi) is 3.29. The minimum atomic E-state index is 0.149. The van der Waals surface area contributed by atoms with Crippen LogP contribution in [0.1, 0.15) is 36.0 Å². The largest absolute Gasteiger partial charge is 0.338 e. The SMILES string of the molecule is O=C(c1cccc(Cl)c1)N(CC1CC1)CC1CC1. The van der Waals surface area contributed by atoms with Crippen LogP contribution in [-0.2, 0) is 0 Å². The van der Waals surface area contributed by atoms with E-state index in [9.17, 15) is 4.79 Å². The summed E-state index contributed by atoms with van der Waals surface area (Å²) in [5.41, 5.74) is 0.726. The number of hydrogen-bond acceptors (Lipinski definition) is 1. The molecule has 2 aliphatic rings. The molecule has 0 bridgehead atoms. The Hall–Kier alpha value is -1.02. The molecule has 0 atom stereocenters. The summed E-state index contributed by atoms with van der Waals surface area (Å²) in [7, 11) is 0. The molecule has 0 heterocycles. The number of amides is 1. The summed E-state index contributed by atoms with van der Waals surface area (Å²) in [6, 6.07) is 7.30. The van der Waals surface area contributed by atoms with E-state index in [1.807, 2.05) is 23.1 Å². The van der Waals surface area contributed by atoms with E-state index < -0.39 is 0 Å². The first-order chi connectivity index (χ1) is 8.72. The Balaban J connectivity index is 1.72. The molecule has 2 aliphatic carbocycles. The zero-order valence-electron chi connectivity index (χ0n) is 10.4. The van der Waals surface area contributed by atoms with Crippen LogP contribution in [-0.4, -0.2) is 23.9 Å². The maximum absolute atomic E-state index is 12.5. The molecule has 1 aromatic rings.